The van der Waals surface area contributed by atoms with Gasteiger partial charge in [-0.2, -0.15) is 18.3 Å². The maximum Gasteiger partial charge on any atom is 0.416 e. The van der Waals surface area contributed by atoms with Crippen LogP contribution in [-0.4, -0.2) is 30.3 Å². The Bertz CT molecular complexity index is 1300. The normalized spacial score (nSPS) is 11.3. The number of carbonyl (C=O) groups excluding carboxylic acids is 1. The van der Waals surface area contributed by atoms with E-state index in [0.717, 1.165) is 12.1 Å². The van der Waals surface area contributed by atoms with Crippen LogP contribution in [0.5, 0.6) is 11.5 Å². The number of halogens is 4. The van der Waals surface area contributed by atoms with E-state index in [2.05, 4.69) is 15.8 Å². The summed E-state index contributed by atoms with van der Waals surface area (Å²) in [5.41, 5.74) is 1.42. The van der Waals surface area contributed by atoms with Crippen LogP contribution in [-0.2, 0) is 11.0 Å². The van der Waals surface area contributed by atoms with E-state index in [1.165, 1.54) is 6.21 Å². The highest BCUT2D eigenvalue weighted by Gasteiger charge is 2.33. The van der Waals surface area contributed by atoms with Gasteiger partial charge in [-0.15, -0.1) is 0 Å². The van der Waals surface area contributed by atoms with E-state index in [1.54, 1.807) is 43.3 Å². The number of hydrogen-bond acceptors (Lipinski definition) is 7. The summed E-state index contributed by atoms with van der Waals surface area (Å²) in [6, 6.07) is 14.2. The molecule has 1 amide bonds. The van der Waals surface area contributed by atoms with Gasteiger partial charge in [0.25, 0.3) is 11.6 Å². The summed E-state index contributed by atoms with van der Waals surface area (Å²) in [6.45, 7) is 1.81. The molecule has 0 saturated heterocycles. The first-order chi connectivity index (χ1) is 17.6. The Morgan fingerprint density at radius 2 is 1.86 bits per heavy atom. The zero-order valence-electron chi connectivity index (χ0n) is 19.2. The van der Waals surface area contributed by atoms with E-state index < -0.39 is 22.4 Å². The number of carbonyl (C=O) groups is 1. The average Bonchev–Trinajstić information content (AvgIpc) is 2.83. The number of anilines is 2. The van der Waals surface area contributed by atoms with Gasteiger partial charge in [-0.05, 0) is 71.5 Å². The predicted octanol–water partition coefficient (Wildman–Crippen LogP) is 6.08. The summed E-state index contributed by atoms with van der Waals surface area (Å²) in [4.78, 5) is 22.5. The number of rotatable bonds is 10. The third-order valence-corrected chi connectivity index (χ3v) is 5.46. The van der Waals surface area contributed by atoms with Crippen LogP contribution in [0.15, 0.2) is 65.8 Å². The molecule has 3 rings (SSSR count). The minimum Gasteiger partial charge on any atom is -0.490 e. The number of hydrogen-bond donors (Lipinski definition) is 2. The zero-order chi connectivity index (χ0) is 27.0. The second-order valence-electron chi connectivity index (χ2n) is 7.32. The Hall–Kier alpha value is -3.88. The molecule has 0 saturated carbocycles. The Kier molecular flexibility index (Phi) is 9.27. The molecule has 0 spiro atoms. The molecule has 0 aromatic heterocycles. The van der Waals surface area contributed by atoms with Crippen molar-refractivity contribution in [2.45, 2.75) is 13.1 Å². The van der Waals surface area contributed by atoms with Crippen LogP contribution in [0.4, 0.5) is 30.2 Å². The highest BCUT2D eigenvalue weighted by atomic mass is 127. The summed E-state index contributed by atoms with van der Waals surface area (Å²) < 4.78 is 50.6. The molecular formula is C24H20F3IN4O5. The number of nitro groups is 1. The fourth-order valence-corrected chi connectivity index (χ4v) is 3.83. The van der Waals surface area contributed by atoms with Crippen LogP contribution in [0, 0.1) is 13.7 Å². The van der Waals surface area contributed by atoms with Gasteiger partial charge in [0.05, 0.1) is 26.9 Å². The summed E-state index contributed by atoms with van der Waals surface area (Å²) in [7, 11) is 0. The second-order valence-corrected chi connectivity index (χ2v) is 8.48. The van der Waals surface area contributed by atoms with E-state index in [-0.39, 0.29) is 18.2 Å². The number of alkyl halides is 3. The van der Waals surface area contributed by atoms with Gasteiger partial charge in [-0.25, -0.2) is 0 Å². The molecule has 194 valence electrons. The molecule has 0 fully saturated rings. The van der Waals surface area contributed by atoms with Crippen molar-refractivity contribution in [2.75, 3.05) is 24.0 Å². The third kappa shape index (κ3) is 7.80. The molecule has 3 aromatic rings. The maximum atomic E-state index is 12.9. The molecule has 3 aromatic carbocycles. The molecule has 0 radical (unpaired) electrons. The molecule has 0 bridgehead atoms. The quantitative estimate of drug-likeness (QED) is 0.122. The lowest BCUT2D eigenvalue weighted by molar-refractivity contribution is -0.384. The molecule has 0 heterocycles. The van der Waals surface area contributed by atoms with Crippen LogP contribution < -0.4 is 20.2 Å². The van der Waals surface area contributed by atoms with Crippen molar-refractivity contribution < 1.29 is 32.4 Å². The standard InChI is InChI=1S/C24H20F3IN4O5/c1-2-36-21-11-15(10-18(28)23(21)37-14-22(33)30-17-6-4-3-5-7-17)13-29-31-19-9-8-16(24(25,26)27)12-20(19)32(34)35/h3-13,31H,2,14H2,1H3,(H,30,33)/b29-13-. The van der Waals surface area contributed by atoms with Gasteiger partial charge in [0, 0.05) is 11.8 Å². The van der Waals surface area contributed by atoms with E-state index in [1.807, 2.05) is 28.7 Å². The van der Waals surface area contributed by atoms with Gasteiger partial charge in [0.1, 0.15) is 5.69 Å². The molecule has 37 heavy (non-hydrogen) atoms. The smallest absolute Gasteiger partial charge is 0.416 e. The highest BCUT2D eigenvalue weighted by molar-refractivity contribution is 14.1. The molecule has 0 aliphatic carbocycles. The largest absolute Gasteiger partial charge is 0.490 e. The number of hydrazone groups is 1. The highest BCUT2D eigenvalue weighted by Crippen LogP contribution is 2.36. The maximum absolute atomic E-state index is 12.9. The Balaban J connectivity index is 1.74. The predicted molar refractivity (Wildman–Crippen MR) is 140 cm³/mol. The van der Waals surface area contributed by atoms with E-state index >= 15 is 0 Å². The summed E-state index contributed by atoms with van der Waals surface area (Å²) in [6.07, 6.45) is -3.40. The van der Waals surface area contributed by atoms with Crippen molar-refractivity contribution in [1.82, 2.24) is 0 Å². The lowest BCUT2D eigenvalue weighted by Gasteiger charge is -2.14. The van der Waals surface area contributed by atoms with E-state index in [9.17, 15) is 28.1 Å². The van der Waals surface area contributed by atoms with Crippen LogP contribution in [0.1, 0.15) is 18.1 Å². The van der Waals surface area contributed by atoms with Crippen molar-refractivity contribution in [1.29, 1.82) is 0 Å². The van der Waals surface area contributed by atoms with Gasteiger partial charge >= 0.3 is 6.18 Å². The fourth-order valence-electron chi connectivity index (χ4n) is 3.05. The van der Waals surface area contributed by atoms with Crippen molar-refractivity contribution in [2.24, 2.45) is 5.10 Å². The Labute approximate surface area is 223 Å². The lowest BCUT2D eigenvalue weighted by Crippen LogP contribution is -2.20. The van der Waals surface area contributed by atoms with Crippen LogP contribution in [0.3, 0.4) is 0 Å². The molecule has 13 heteroatoms. The third-order valence-electron chi connectivity index (χ3n) is 4.66. The number of amides is 1. The average molecular weight is 628 g/mol. The van der Waals surface area contributed by atoms with Crippen molar-refractivity contribution in [3.05, 3.63) is 85.5 Å². The number of nitro benzene ring substituents is 1. The van der Waals surface area contributed by atoms with Crippen molar-refractivity contribution in [3.63, 3.8) is 0 Å². The molecule has 0 atom stereocenters. The summed E-state index contributed by atoms with van der Waals surface area (Å²) >= 11 is 2.00. The molecule has 2 N–H and O–H groups in total. The first-order valence-electron chi connectivity index (χ1n) is 10.7. The second kappa shape index (κ2) is 12.4. The monoisotopic (exact) mass is 628 g/mol. The summed E-state index contributed by atoms with van der Waals surface area (Å²) in [5, 5.41) is 17.9. The van der Waals surface area contributed by atoms with Crippen LogP contribution >= 0.6 is 22.6 Å². The number of para-hydroxylation sites is 1. The Morgan fingerprint density at radius 3 is 2.51 bits per heavy atom. The van der Waals surface area contributed by atoms with Gasteiger partial charge in [0.2, 0.25) is 0 Å². The first kappa shape index (κ1) is 27.7. The Morgan fingerprint density at radius 1 is 1.14 bits per heavy atom. The van der Waals surface area contributed by atoms with E-state index in [4.69, 9.17) is 9.47 Å². The van der Waals surface area contributed by atoms with Gasteiger partial charge < -0.3 is 14.8 Å². The van der Waals surface area contributed by atoms with Gasteiger partial charge in [-0.3, -0.25) is 20.3 Å². The fraction of sp³-hybridized carbons (Fsp3) is 0.167. The van der Waals surface area contributed by atoms with Crippen LogP contribution in [0.2, 0.25) is 0 Å². The number of ether oxygens (including phenoxy) is 2. The van der Waals surface area contributed by atoms with Crippen molar-refractivity contribution in [3.8, 4) is 11.5 Å². The molecule has 0 unspecified atom stereocenters. The van der Waals surface area contributed by atoms with E-state index in [0.29, 0.717) is 39.0 Å². The number of benzene rings is 3. The lowest BCUT2D eigenvalue weighted by atomic mass is 10.1. The minimum atomic E-state index is -4.72. The van der Waals surface area contributed by atoms with Crippen LogP contribution in [0.25, 0.3) is 0 Å². The molecule has 9 nitrogen and oxygen atoms in total. The topological polar surface area (TPSA) is 115 Å². The zero-order valence-corrected chi connectivity index (χ0v) is 21.4. The molecule has 0 aliphatic heterocycles. The number of nitrogens with one attached hydrogen (secondary N) is 2. The van der Waals surface area contributed by atoms with Crippen molar-refractivity contribution >= 4 is 51.8 Å². The molecule has 0 aliphatic rings. The minimum absolute atomic E-state index is 0.210. The summed E-state index contributed by atoms with van der Waals surface area (Å²) in [5.74, 6) is 0.315. The molecular weight excluding hydrogens is 608 g/mol. The van der Waals surface area contributed by atoms with Gasteiger partial charge in [-0.1, -0.05) is 18.2 Å². The SMILES string of the molecule is CCOc1cc(/C=N\Nc2ccc(C(F)(F)F)cc2[N+](=O)[O-])cc(I)c1OCC(=O)Nc1ccccc1. The number of nitrogens with zero attached hydrogens (tertiary/aromatic N) is 2. The van der Waals surface area contributed by atoms with Gasteiger partial charge in [0.15, 0.2) is 18.1 Å². The first-order valence-corrected chi connectivity index (χ1v) is 11.7.